The zero-order chi connectivity index (χ0) is 21.4. The van der Waals surface area contributed by atoms with E-state index in [-0.39, 0.29) is 17.4 Å². The van der Waals surface area contributed by atoms with E-state index in [4.69, 9.17) is 9.73 Å². The Morgan fingerprint density at radius 3 is 2.47 bits per heavy atom. The molecule has 3 saturated heterocycles. The fourth-order valence-electron chi connectivity index (χ4n) is 5.25. The monoisotopic (exact) mass is 421 g/mol. The lowest BCUT2D eigenvalue weighted by Gasteiger charge is -2.49. The minimum atomic E-state index is -0.0573. The summed E-state index contributed by atoms with van der Waals surface area (Å²) in [5.41, 5.74) is 0.184. The van der Waals surface area contributed by atoms with E-state index in [9.17, 15) is 4.79 Å². The molecular weight excluding hydrogens is 378 g/mol. The van der Waals surface area contributed by atoms with Crippen molar-refractivity contribution in [2.24, 2.45) is 10.9 Å². The predicted molar refractivity (Wildman–Crippen MR) is 122 cm³/mol. The number of nitrogens with zero attached hydrogens (tertiary/aromatic N) is 4. The molecule has 0 spiro atoms. The maximum atomic E-state index is 12.3. The fourth-order valence-corrected chi connectivity index (χ4v) is 5.25. The van der Waals surface area contributed by atoms with Crippen molar-refractivity contribution in [3.05, 3.63) is 0 Å². The lowest BCUT2D eigenvalue weighted by molar-refractivity contribution is -0.149. The summed E-state index contributed by atoms with van der Waals surface area (Å²) in [5, 5.41) is 3.51. The number of ether oxygens (including phenoxy) is 1. The summed E-state index contributed by atoms with van der Waals surface area (Å²) in [6, 6.07) is 0. The summed E-state index contributed by atoms with van der Waals surface area (Å²) in [7, 11) is 2.23. The van der Waals surface area contributed by atoms with Crippen molar-refractivity contribution in [3.63, 3.8) is 0 Å². The number of guanidine groups is 1. The van der Waals surface area contributed by atoms with Crippen molar-refractivity contribution in [1.82, 2.24) is 20.0 Å². The number of piperidine rings is 3. The highest BCUT2D eigenvalue weighted by molar-refractivity contribution is 5.81. The Balaban J connectivity index is 1.73. The van der Waals surface area contributed by atoms with Gasteiger partial charge in [0, 0.05) is 25.2 Å². The molecule has 7 nitrogen and oxygen atoms in total. The van der Waals surface area contributed by atoms with Gasteiger partial charge in [-0.3, -0.25) is 14.7 Å². The van der Waals surface area contributed by atoms with Crippen LogP contribution < -0.4 is 5.32 Å². The number of esters is 1. The molecule has 0 aromatic carbocycles. The summed E-state index contributed by atoms with van der Waals surface area (Å²) in [6.45, 7) is 12.6. The first-order valence-electron chi connectivity index (χ1n) is 12.2. The summed E-state index contributed by atoms with van der Waals surface area (Å²) in [6.07, 6.45) is 8.30. The lowest BCUT2D eigenvalue weighted by atomic mass is 9.84. The molecule has 3 aliphatic rings. The molecule has 0 saturated carbocycles. The molecule has 3 aliphatic heterocycles. The second kappa shape index (κ2) is 11.3. The first kappa shape index (κ1) is 23.3. The minimum Gasteiger partial charge on any atom is -0.466 e. The molecule has 0 aliphatic carbocycles. The van der Waals surface area contributed by atoms with Gasteiger partial charge >= 0.3 is 5.97 Å². The highest BCUT2D eigenvalue weighted by Gasteiger charge is 2.40. The quantitative estimate of drug-likeness (QED) is 0.403. The van der Waals surface area contributed by atoms with Gasteiger partial charge in [-0.2, -0.15) is 0 Å². The second-order valence-corrected chi connectivity index (χ2v) is 9.28. The summed E-state index contributed by atoms with van der Waals surface area (Å²) >= 11 is 0. The van der Waals surface area contributed by atoms with E-state index >= 15 is 0 Å². The number of nitrogens with one attached hydrogen (secondary N) is 1. The van der Waals surface area contributed by atoms with Gasteiger partial charge < -0.3 is 19.9 Å². The van der Waals surface area contributed by atoms with Crippen LogP contribution in [0.4, 0.5) is 0 Å². The van der Waals surface area contributed by atoms with Crippen LogP contribution in [0, 0.1) is 5.92 Å². The number of carbonyl (C=O) groups excluding carboxylic acids is 1. The Morgan fingerprint density at radius 1 is 1.07 bits per heavy atom. The Kier molecular flexibility index (Phi) is 8.81. The lowest BCUT2D eigenvalue weighted by Crippen LogP contribution is -2.58. The average molecular weight is 422 g/mol. The van der Waals surface area contributed by atoms with E-state index in [1.165, 1.54) is 45.2 Å². The van der Waals surface area contributed by atoms with E-state index in [0.29, 0.717) is 13.2 Å². The zero-order valence-corrected chi connectivity index (χ0v) is 19.5. The molecule has 0 aromatic rings. The van der Waals surface area contributed by atoms with Gasteiger partial charge in [0.1, 0.15) is 0 Å². The van der Waals surface area contributed by atoms with E-state index in [0.717, 1.165) is 51.5 Å². The molecular formula is C23H43N5O2. The Labute approximate surface area is 183 Å². The highest BCUT2D eigenvalue weighted by Crippen LogP contribution is 2.32. The van der Waals surface area contributed by atoms with Crippen LogP contribution in [-0.4, -0.2) is 98.2 Å². The van der Waals surface area contributed by atoms with Gasteiger partial charge in [0.25, 0.3) is 0 Å². The smallest absolute Gasteiger partial charge is 0.310 e. The Morgan fingerprint density at radius 2 is 1.80 bits per heavy atom. The predicted octanol–water partition coefficient (Wildman–Crippen LogP) is 2.18. The first-order valence-corrected chi connectivity index (χ1v) is 12.2. The SMILES string of the molecule is CCNC(=NCC1(N2CCCCC2)CCN(C)CC1)N1CCCC(C(=O)OCC)C1. The zero-order valence-electron chi connectivity index (χ0n) is 19.5. The third kappa shape index (κ3) is 5.88. The van der Waals surface area contributed by atoms with E-state index < -0.39 is 0 Å². The van der Waals surface area contributed by atoms with Crippen LogP contribution in [0.5, 0.6) is 0 Å². The molecule has 7 heteroatoms. The van der Waals surface area contributed by atoms with Crippen molar-refractivity contribution < 1.29 is 9.53 Å². The van der Waals surface area contributed by atoms with Crippen molar-refractivity contribution in [1.29, 1.82) is 0 Å². The van der Waals surface area contributed by atoms with Crippen LogP contribution in [0.2, 0.25) is 0 Å². The van der Waals surface area contributed by atoms with Gasteiger partial charge in [-0.1, -0.05) is 6.42 Å². The van der Waals surface area contributed by atoms with Crippen molar-refractivity contribution >= 4 is 11.9 Å². The van der Waals surface area contributed by atoms with E-state index in [1.54, 1.807) is 0 Å². The number of rotatable bonds is 6. The first-order chi connectivity index (χ1) is 14.6. The maximum Gasteiger partial charge on any atom is 0.310 e. The molecule has 3 rings (SSSR count). The molecule has 1 atom stereocenters. The number of hydrogen-bond acceptors (Lipinski definition) is 5. The summed E-state index contributed by atoms with van der Waals surface area (Å²) in [5.74, 6) is 0.877. The highest BCUT2D eigenvalue weighted by atomic mass is 16.5. The van der Waals surface area contributed by atoms with Crippen LogP contribution in [-0.2, 0) is 9.53 Å². The van der Waals surface area contributed by atoms with Crippen LogP contribution >= 0.6 is 0 Å². The molecule has 0 amide bonds. The van der Waals surface area contributed by atoms with Crippen molar-refractivity contribution in [3.8, 4) is 0 Å². The van der Waals surface area contributed by atoms with E-state index in [2.05, 4.69) is 34.0 Å². The summed E-state index contributed by atoms with van der Waals surface area (Å²) < 4.78 is 5.29. The summed E-state index contributed by atoms with van der Waals surface area (Å²) in [4.78, 5) is 25.0. The Bertz CT molecular complexity index is 568. The number of aliphatic imine (C=N–C) groups is 1. The topological polar surface area (TPSA) is 60.4 Å². The second-order valence-electron chi connectivity index (χ2n) is 9.28. The minimum absolute atomic E-state index is 0.0399. The molecule has 0 aromatic heterocycles. The van der Waals surface area contributed by atoms with Gasteiger partial charge in [-0.05, 0) is 85.6 Å². The largest absolute Gasteiger partial charge is 0.466 e. The third-order valence-electron chi connectivity index (χ3n) is 7.14. The normalized spacial score (nSPS) is 26.4. The molecule has 0 radical (unpaired) electrons. The van der Waals surface area contributed by atoms with Gasteiger partial charge in [-0.15, -0.1) is 0 Å². The molecule has 172 valence electrons. The van der Waals surface area contributed by atoms with Crippen molar-refractivity contribution in [2.75, 3.05) is 66.0 Å². The van der Waals surface area contributed by atoms with E-state index in [1.807, 2.05) is 6.92 Å². The molecule has 1 N–H and O–H groups in total. The van der Waals surface area contributed by atoms with Gasteiger partial charge in [0.05, 0.1) is 19.1 Å². The molecule has 3 heterocycles. The van der Waals surface area contributed by atoms with Crippen molar-refractivity contribution in [2.45, 2.75) is 64.3 Å². The fraction of sp³-hybridized carbons (Fsp3) is 0.913. The standard InChI is InChI=1S/C23H43N5O2/c1-4-24-22(27-13-9-10-20(18-27)21(29)30-5-2)25-19-23(11-16-26(3)17-12-23)28-14-7-6-8-15-28/h20H,4-19H2,1-3H3,(H,24,25). The van der Waals surface area contributed by atoms with Crippen LogP contribution in [0.15, 0.2) is 4.99 Å². The molecule has 3 fully saturated rings. The maximum absolute atomic E-state index is 12.3. The molecule has 1 unspecified atom stereocenters. The molecule has 0 bridgehead atoms. The molecule has 30 heavy (non-hydrogen) atoms. The number of likely N-dealkylation sites (tertiary alicyclic amines) is 3. The number of hydrogen-bond donors (Lipinski definition) is 1. The van der Waals surface area contributed by atoms with Gasteiger partial charge in [0.2, 0.25) is 0 Å². The van der Waals surface area contributed by atoms with Gasteiger partial charge in [-0.25, -0.2) is 0 Å². The third-order valence-corrected chi connectivity index (χ3v) is 7.14. The number of carbonyl (C=O) groups is 1. The van der Waals surface area contributed by atoms with Crippen LogP contribution in [0.25, 0.3) is 0 Å². The van der Waals surface area contributed by atoms with Crippen LogP contribution in [0.3, 0.4) is 0 Å². The van der Waals surface area contributed by atoms with Gasteiger partial charge in [0.15, 0.2) is 5.96 Å². The average Bonchev–Trinajstić information content (AvgIpc) is 2.79. The van der Waals surface area contributed by atoms with Crippen LogP contribution in [0.1, 0.15) is 58.8 Å². The Hall–Kier alpha value is -1.34.